The molecule has 5 aromatic rings. The Morgan fingerprint density at radius 3 is 1.41 bits per heavy atom. The molecule has 390 valence electrons. The van der Waals surface area contributed by atoms with Gasteiger partial charge < -0.3 is 33.2 Å². The molecule has 5 aromatic carbocycles. The first kappa shape index (κ1) is 57.0. The number of ether oxygens (including phenoxy) is 7. The van der Waals surface area contributed by atoms with Crippen molar-refractivity contribution in [3.8, 4) is 34.5 Å². The molecule has 0 aliphatic rings. The van der Waals surface area contributed by atoms with Crippen molar-refractivity contribution in [2.24, 2.45) is 0 Å². The average Bonchev–Trinajstić information content (AvgIpc) is 3.40. The van der Waals surface area contributed by atoms with E-state index in [1.54, 1.807) is 72.8 Å². The second kappa shape index (κ2) is 32.2. The molecule has 73 heavy (non-hydrogen) atoms. The average molecular weight is 999 g/mol. The van der Waals surface area contributed by atoms with Crippen molar-refractivity contribution in [3.05, 3.63) is 143 Å². The molecule has 0 amide bonds. The van der Waals surface area contributed by atoms with Crippen LogP contribution < -0.4 is 28.4 Å². The van der Waals surface area contributed by atoms with Crippen molar-refractivity contribution in [3.63, 3.8) is 0 Å². The van der Waals surface area contributed by atoms with E-state index in [9.17, 15) is 24.0 Å². The highest BCUT2D eigenvalue weighted by molar-refractivity contribution is 5.98. The Morgan fingerprint density at radius 1 is 0.397 bits per heavy atom. The van der Waals surface area contributed by atoms with E-state index in [4.69, 9.17) is 33.2 Å². The summed E-state index contributed by atoms with van der Waals surface area (Å²) in [7, 11) is 0. The number of unbranched alkanes of at least 4 members (excludes halogenated alkanes) is 13. The highest BCUT2D eigenvalue weighted by Gasteiger charge is 2.22. The maximum Gasteiger partial charge on any atom is 0.343 e. The van der Waals surface area contributed by atoms with Gasteiger partial charge in [0.1, 0.15) is 53.3 Å². The van der Waals surface area contributed by atoms with Crippen molar-refractivity contribution in [2.45, 2.75) is 149 Å². The van der Waals surface area contributed by atoms with Crippen LogP contribution in [-0.4, -0.2) is 55.6 Å². The van der Waals surface area contributed by atoms with Crippen molar-refractivity contribution in [2.75, 3.05) is 19.8 Å². The fourth-order valence-electron chi connectivity index (χ4n) is 7.87. The molecule has 1 atom stereocenters. The van der Waals surface area contributed by atoms with Gasteiger partial charge in [-0.15, -0.1) is 0 Å². The zero-order valence-corrected chi connectivity index (χ0v) is 43.3. The standard InChI is InChI=1S/C61H74O12/c1-5-8-11-14-16-19-22-56(62)46-23-31-51(32-24-46)68-42-43-69-61(66)55-44-54(72-59(64)48-27-35-52(36-28-48)70-45(4)21-18-13-10-7-3)39-40-57(55)73-60(65)49-29-37-53(38-30-49)71-58(63)47-25-33-50(34-26-47)67-41-20-17-15-12-9-6-2/h23-40,44-45H,5-22,41-43H2,1-4H3. The molecule has 0 fully saturated rings. The van der Waals surface area contributed by atoms with Crippen molar-refractivity contribution >= 4 is 29.7 Å². The summed E-state index contributed by atoms with van der Waals surface area (Å²) >= 11 is 0. The Morgan fingerprint density at radius 2 is 0.836 bits per heavy atom. The van der Waals surface area contributed by atoms with E-state index in [0.29, 0.717) is 41.4 Å². The van der Waals surface area contributed by atoms with Gasteiger partial charge >= 0.3 is 23.9 Å². The van der Waals surface area contributed by atoms with E-state index in [-0.39, 0.29) is 59.0 Å². The predicted molar refractivity (Wildman–Crippen MR) is 283 cm³/mol. The number of rotatable bonds is 34. The summed E-state index contributed by atoms with van der Waals surface area (Å²) < 4.78 is 40.2. The molecular formula is C61H74O12. The highest BCUT2D eigenvalue weighted by Crippen LogP contribution is 2.28. The van der Waals surface area contributed by atoms with Gasteiger partial charge in [0.2, 0.25) is 0 Å². The van der Waals surface area contributed by atoms with E-state index in [2.05, 4.69) is 20.8 Å². The number of esters is 4. The number of carbonyl (C=O) groups is 5. The van der Waals surface area contributed by atoms with Crippen LogP contribution >= 0.6 is 0 Å². The quantitative estimate of drug-likeness (QED) is 0.0167. The van der Waals surface area contributed by atoms with Crippen LogP contribution in [0.15, 0.2) is 115 Å². The Hall–Kier alpha value is -6.95. The number of benzene rings is 5. The molecule has 0 saturated carbocycles. The molecule has 12 heteroatoms. The van der Waals surface area contributed by atoms with Crippen LogP contribution in [0.2, 0.25) is 0 Å². The van der Waals surface area contributed by atoms with Gasteiger partial charge in [-0.05, 0) is 148 Å². The van der Waals surface area contributed by atoms with Crippen LogP contribution in [0.1, 0.15) is 195 Å². The lowest BCUT2D eigenvalue weighted by molar-refractivity contribution is 0.0443. The Labute approximate surface area is 432 Å². The van der Waals surface area contributed by atoms with Crippen LogP contribution in [0, 0.1) is 0 Å². The van der Waals surface area contributed by atoms with Gasteiger partial charge in [-0.25, -0.2) is 19.2 Å². The summed E-state index contributed by atoms with van der Waals surface area (Å²) in [6.45, 7) is 8.98. The zero-order chi connectivity index (χ0) is 52.0. The van der Waals surface area contributed by atoms with Crippen molar-refractivity contribution < 1.29 is 57.1 Å². The predicted octanol–water partition coefficient (Wildman–Crippen LogP) is 15.0. The molecule has 0 saturated heterocycles. The number of carbonyl (C=O) groups excluding carboxylic acids is 5. The minimum Gasteiger partial charge on any atom is -0.494 e. The normalized spacial score (nSPS) is 11.3. The summed E-state index contributed by atoms with van der Waals surface area (Å²) in [5.41, 5.74) is 1.11. The van der Waals surface area contributed by atoms with Crippen molar-refractivity contribution in [1.29, 1.82) is 0 Å². The van der Waals surface area contributed by atoms with E-state index in [1.807, 2.05) is 6.92 Å². The van der Waals surface area contributed by atoms with Crippen LogP contribution in [-0.2, 0) is 4.74 Å². The van der Waals surface area contributed by atoms with Crippen LogP contribution in [0.25, 0.3) is 0 Å². The number of ketones is 1. The molecule has 0 N–H and O–H groups in total. The summed E-state index contributed by atoms with van der Waals surface area (Å²) in [4.78, 5) is 66.1. The largest absolute Gasteiger partial charge is 0.494 e. The minimum atomic E-state index is -0.870. The van der Waals surface area contributed by atoms with Gasteiger partial charge in [0, 0.05) is 12.0 Å². The molecule has 0 bridgehead atoms. The fraction of sp³-hybridized carbons (Fsp3) is 0.426. The second-order valence-corrected chi connectivity index (χ2v) is 18.2. The van der Waals surface area contributed by atoms with E-state index in [1.165, 1.54) is 93.8 Å². The third-order valence-corrected chi connectivity index (χ3v) is 12.2. The first-order chi connectivity index (χ1) is 35.6. The highest BCUT2D eigenvalue weighted by atomic mass is 16.6. The van der Waals surface area contributed by atoms with E-state index >= 15 is 0 Å². The van der Waals surface area contributed by atoms with Crippen LogP contribution in [0.5, 0.6) is 34.5 Å². The van der Waals surface area contributed by atoms with Crippen molar-refractivity contribution in [1.82, 2.24) is 0 Å². The number of hydrogen-bond donors (Lipinski definition) is 0. The molecule has 1 unspecified atom stereocenters. The van der Waals surface area contributed by atoms with Gasteiger partial charge in [-0.1, -0.05) is 104 Å². The lowest BCUT2D eigenvalue weighted by Crippen LogP contribution is -2.16. The Balaban J connectivity index is 1.19. The van der Waals surface area contributed by atoms with E-state index in [0.717, 1.165) is 57.8 Å². The van der Waals surface area contributed by atoms with E-state index < -0.39 is 23.9 Å². The van der Waals surface area contributed by atoms with Gasteiger partial charge in [0.25, 0.3) is 0 Å². The second-order valence-electron chi connectivity index (χ2n) is 18.2. The van der Waals surface area contributed by atoms with Crippen LogP contribution in [0.3, 0.4) is 0 Å². The van der Waals surface area contributed by atoms with Gasteiger partial charge in [0.05, 0.1) is 29.4 Å². The minimum absolute atomic E-state index is 0.00154. The molecule has 0 heterocycles. The summed E-state index contributed by atoms with van der Waals surface area (Å²) in [5.74, 6) is -1.03. The zero-order valence-electron chi connectivity index (χ0n) is 43.3. The number of hydrogen-bond acceptors (Lipinski definition) is 12. The third kappa shape index (κ3) is 20.6. The Kier molecular flexibility index (Phi) is 25.1. The first-order valence-electron chi connectivity index (χ1n) is 26.4. The smallest absolute Gasteiger partial charge is 0.343 e. The Bertz CT molecular complexity index is 2440. The molecule has 0 radical (unpaired) electrons. The van der Waals surface area contributed by atoms with Gasteiger partial charge in [-0.2, -0.15) is 0 Å². The molecule has 5 rings (SSSR count). The maximum absolute atomic E-state index is 13.7. The number of Topliss-reactive ketones (excluding diaryl/α,β-unsaturated/α-hetero) is 1. The molecule has 0 aromatic heterocycles. The molecule has 0 aliphatic carbocycles. The van der Waals surface area contributed by atoms with Crippen LogP contribution in [0.4, 0.5) is 0 Å². The summed E-state index contributed by atoms with van der Waals surface area (Å²) in [6, 6.07) is 30.0. The summed E-state index contributed by atoms with van der Waals surface area (Å²) in [5, 5.41) is 0. The third-order valence-electron chi connectivity index (χ3n) is 12.2. The SMILES string of the molecule is CCCCCCCCOc1ccc(C(=O)Oc2ccc(C(=O)Oc3ccc(OC(=O)c4ccc(OC(C)CCCCCC)cc4)cc3C(=O)OCCOc3ccc(C(=O)CCCCCCCC)cc3)cc2)cc1. The van der Waals surface area contributed by atoms with Gasteiger partial charge in [-0.3, -0.25) is 4.79 Å². The van der Waals surface area contributed by atoms with Gasteiger partial charge in [0.15, 0.2) is 5.78 Å². The molecular weight excluding hydrogens is 925 g/mol. The monoisotopic (exact) mass is 999 g/mol. The lowest BCUT2D eigenvalue weighted by atomic mass is 10.0. The maximum atomic E-state index is 13.7. The first-order valence-corrected chi connectivity index (χ1v) is 26.4. The molecule has 12 nitrogen and oxygen atoms in total. The summed E-state index contributed by atoms with van der Waals surface area (Å²) in [6.07, 6.45) is 19.7. The lowest BCUT2D eigenvalue weighted by Gasteiger charge is -2.15. The molecule has 0 aliphatic heterocycles. The fourth-order valence-corrected chi connectivity index (χ4v) is 7.87. The molecule has 0 spiro atoms. The topological polar surface area (TPSA) is 150 Å².